The average molecular weight is 484 g/mol. The van der Waals surface area contributed by atoms with E-state index in [1.54, 1.807) is 11.1 Å². The first-order valence-corrected chi connectivity index (χ1v) is 12.8. The van der Waals surface area contributed by atoms with Crippen LogP contribution in [0.3, 0.4) is 0 Å². The second-order valence-electron chi connectivity index (χ2n) is 10.1. The van der Waals surface area contributed by atoms with E-state index in [9.17, 15) is 14.7 Å². The molecule has 0 unspecified atom stereocenters. The summed E-state index contributed by atoms with van der Waals surface area (Å²) < 4.78 is 0. The van der Waals surface area contributed by atoms with Gasteiger partial charge in [-0.25, -0.2) is 0 Å². The van der Waals surface area contributed by atoms with Gasteiger partial charge in [0.15, 0.2) is 0 Å². The fourth-order valence-corrected chi connectivity index (χ4v) is 5.65. The van der Waals surface area contributed by atoms with E-state index in [4.69, 9.17) is 0 Å². The van der Waals surface area contributed by atoms with Crippen LogP contribution < -0.4 is 4.90 Å². The number of carbonyl (C=O) groups excluding carboxylic acids is 2. The number of carbonyl (C=O) groups is 2. The molecule has 1 spiro atoms. The van der Waals surface area contributed by atoms with Gasteiger partial charge in [0.25, 0.3) is 5.91 Å². The van der Waals surface area contributed by atoms with Gasteiger partial charge in [0, 0.05) is 61.7 Å². The van der Waals surface area contributed by atoms with E-state index in [0.717, 1.165) is 42.6 Å². The van der Waals surface area contributed by atoms with Crippen molar-refractivity contribution in [3.63, 3.8) is 0 Å². The zero-order valence-electron chi connectivity index (χ0n) is 20.8. The number of aromatic nitrogens is 1. The zero-order valence-corrected chi connectivity index (χ0v) is 20.8. The Bertz CT molecular complexity index is 1220. The summed E-state index contributed by atoms with van der Waals surface area (Å²) in [5.41, 5.74) is 5.78. The Morgan fingerprint density at radius 3 is 2.44 bits per heavy atom. The van der Waals surface area contributed by atoms with E-state index >= 15 is 0 Å². The summed E-state index contributed by atoms with van der Waals surface area (Å²) in [7, 11) is 0. The molecule has 1 saturated heterocycles. The molecular weight excluding hydrogens is 450 g/mol. The van der Waals surface area contributed by atoms with E-state index in [1.807, 2.05) is 18.3 Å². The molecule has 0 radical (unpaired) electrons. The first kappa shape index (κ1) is 24.2. The number of likely N-dealkylation sites (tertiary alicyclic amines) is 1. The van der Waals surface area contributed by atoms with Crippen LogP contribution in [-0.2, 0) is 27.8 Å². The maximum absolute atomic E-state index is 12.5. The predicted molar refractivity (Wildman–Crippen MR) is 140 cm³/mol. The number of aryl methyl sites for hydroxylation is 1. The van der Waals surface area contributed by atoms with E-state index in [2.05, 4.69) is 58.4 Å². The number of aliphatic hydroxyl groups is 1. The molecule has 36 heavy (non-hydrogen) atoms. The molecule has 6 nitrogen and oxygen atoms in total. The van der Waals surface area contributed by atoms with Crippen molar-refractivity contribution in [1.82, 2.24) is 9.88 Å². The number of ketones is 1. The Morgan fingerprint density at radius 2 is 1.75 bits per heavy atom. The molecule has 3 heterocycles. The number of amides is 1. The molecule has 0 bridgehead atoms. The number of aliphatic hydroxyl groups excluding tert-OH is 1. The van der Waals surface area contributed by atoms with Gasteiger partial charge in [-0.2, -0.15) is 0 Å². The van der Waals surface area contributed by atoms with Crippen LogP contribution in [0.15, 0.2) is 73.1 Å². The lowest BCUT2D eigenvalue weighted by atomic mass is 9.74. The van der Waals surface area contributed by atoms with Crippen molar-refractivity contribution in [3.05, 3.63) is 89.7 Å². The van der Waals surface area contributed by atoms with Gasteiger partial charge in [-0.15, -0.1) is 0 Å². The number of piperidine rings is 1. The number of pyridine rings is 1. The van der Waals surface area contributed by atoms with Crippen LogP contribution in [0.25, 0.3) is 0 Å². The summed E-state index contributed by atoms with van der Waals surface area (Å²) in [5.74, 6) is 0.0501. The van der Waals surface area contributed by atoms with Gasteiger partial charge in [-0.3, -0.25) is 14.6 Å². The summed E-state index contributed by atoms with van der Waals surface area (Å²) >= 11 is 0. The third-order valence-corrected chi connectivity index (χ3v) is 7.68. The Labute approximate surface area is 212 Å². The quantitative estimate of drug-likeness (QED) is 0.545. The monoisotopic (exact) mass is 483 g/mol. The number of para-hydroxylation sites is 1. The van der Waals surface area contributed by atoms with Crippen molar-refractivity contribution < 1.29 is 14.7 Å². The Morgan fingerprint density at radius 1 is 1.00 bits per heavy atom. The van der Waals surface area contributed by atoms with Crippen molar-refractivity contribution in [2.75, 3.05) is 24.5 Å². The van der Waals surface area contributed by atoms with E-state index < -0.39 is 6.10 Å². The predicted octanol–water partition coefficient (Wildman–Crippen LogP) is 4.22. The summed E-state index contributed by atoms with van der Waals surface area (Å²) in [6, 6.07) is 20.8. The molecule has 1 N–H and O–H groups in total. The summed E-state index contributed by atoms with van der Waals surface area (Å²) in [5, 5.41) is 9.71. The van der Waals surface area contributed by atoms with Crippen LogP contribution in [-0.4, -0.2) is 52.4 Å². The van der Waals surface area contributed by atoms with Crippen molar-refractivity contribution in [2.24, 2.45) is 0 Å². The summed E-state index contributed by atoms with van der Waals surface area (Å²) in [6.45, 7) is 3.72. The smallest absolute Gasteiger partial charge is 0.251 e. The molecule has 1 fully saturated rings. The molecule has 0 saturated carbocycles. The minimum atomic E-state index is -0.952. The van der Waals surface area contributed by atoms with Gasteiger partial charge in [-0.05, 0) is 67.1 Å². The molecule has 2 aliphatic heterocycles. The molecule has 2 aromatic carbocycles. The normalized spacial score (nSPS) is 17.2. The number of benzene rings is 2. The van der Waals surface area contributed by atoms with Crippen LogP contribution in [0.4, 0.5) is 11.4 Å². The van der Waals surface area contributed by atoms with Gasteiger partial charge < -0.3 is 14.9 Å². The first-order chi connectivity index (χ1) is 17.4. The fourth-order valence-electron chi connectivity index (χ4n) is 5.65. The SMILES string of the molecule is C[C@H](O)C(=O)N1CCC2(CC1)CN(c1ccc(CC(=O)CCc3cccnc3)cc1)c1ccccc12. The maximum atomic E-state index is 12.5. The molecule has 6 heteroatoms. The minimum Gasteiger partial charge on any atom is -0.384 e. The van der Waals surface area contributed by atoms with E-state index in [-0.39, 0.29) is 17.1 Å². The lowest BCUT2D eigenvalue weighted by Crippen LogP contribution is -2.49. The highest BCUT2D eigenvalue weighted by molar-refractivity contribution is 5.82. The lowest BCUT2D eigenvalue weighted by molar-refractivity contribution is -0.140. The van der Waals surface area contributed by atoms with Crippen molar-refractivity contribution >= 4 is 23.1 Å². The Hall–Kier alpha value is -3.51. The van der Waals surface area contributed by atoms with Crippen LogP contribution in [0.1, 0.15) is 42.9 Å². The molecule has 3 aromatic rings. The molecule has 5 rings (SSSR count). The third-order valence-electron chi connectivity index (χ3n) is 7.68. The standard InChI is InChI=1S/C30H33N3O3/c1-22(34)29(36)32-17-14-30(15-18-32)21-33(28-7-3-2-6-27(28)30)25-11-8-23(9-12-25)19-26(35)13-10-24-5-4-16-31-20-24/h2-9,11-12,16,20,22,34H,10,13-15,17-19,21H2,1H3/t22-/m0/s1. The largest absolute Gasteiger partial charge is 0.384 e. The number of Topliss-reactive ketones (excluding diaryl/α,β-unsaturated/α-hetero) is 1. The van der Waals surface area contributed by atoms with Crippen LogP contribution >= 0.6 is 0 Å². The highest BCUT2D eigenvalue weighted by atomic mass is 16.3. The Balaban J connectivity index is 1.26. The molecule has 1 amide bonds. The Kier molecular flexibility index (Phi) is 6.88. The molecule has 1 aromatic heterocycles. The van der Waals surface area contributed by atoms with Crippen LogP contribution in [0, 0.1) is 0 Å². The second-order valence-corrected chi connectivity index (χ2v) is 10.1. The number of hydrogen-bond acceptors (Lipinski definition) is 5. The highest BCUT2D eigenvalue weighted by Crippen LogP contribution is 2.49. The zero-order chi connectivity index (χ0) is 25.1. The van der Waals surface area contributed by atoms with Crippen molar-refractivity contribution in [2.45, 2.75) is 50.5 Å². The van der Waals surface area contributed by atoms with Crippen molar-refractivity contribution in [3.8, 4) is 0 Å². The maximum Gasteiger partial charge on any atom is 0.251 e. The van der Waals surface area contributed by atoms with Crippen LogP contribution in [0.2, 0.25) is 0 Å². The second kappa shape index (κ2) is 10.2. The topological polar surface area (TPSA) is 73.7 Å². The highest BCUT2D eigenvalue weighted by Gasteiger charge is 2.45. The molecule has 0 aliphatic carbocycles. The average Bonchev–Trinajstić information content (AvgIpc) is 3.22. The number of hydrogen-bond donors (Lipinski definition) is 1. The van der Waals surface area contributed by atoms with Gasteiger partial charge in [0.1, 0.15) is 11.9 Å². The van der Waals surface area contributed by atoms with E-state index in [0.29, 0.717) is 25.9 Å². The molecule has 2 aliphatic rings. The molecule has 186 valence electrons. The van der Waals surface area contributed by atoms with Gasteiger partial charge in [0.05, 0.1) is 0 Å². The number of fused-ring (bicyclic) bond motifs is 2. The lowest BCUT2D eigenvalue weighted by Gasteiger charge is -2.40. The number of anilines is 2. The van der Waals surface area contributed by atoms with E-state index in [1.165, 1.54) is 18.2 Å². The third kappa shape index (κ3) is 4.91. The minimum absolute atomic E-state index is 0.00694. The molecular formula is C30H33N3O3. The fraction of sp³-hybridized carbons (Fsp3) is 0.367. The number of nitrogens with zero attached hydrogens (tertiary/aromatic N) is 3. The summed E-state index contributed by atoms with van der Waals surface area (Å²) in [4.78, 5) is 33.1. The van der Waals surface area contributed by atoms with Crippen LogP contribution in [0.5, 0.6) is 0 Å². The van der Waals surface area contributed by atoms with Gasteiger partial charge in [-0.1, -0.05) is 36.4 Å². The number of rotatable bonds is 7. The van der Waals surface area contributed by atoms with Crippen molar-refractivity contribution in [1.29, 1.82) is 0 Å². The first-order valence-electron chi connectivity index (χ1n) is 12.8. The van der Waals surface area contributed by atoms with Gasteiger partial charge in [0.2, 0.25) is 0 Å². The summed E-state index contributed by atoms with van der Waals surface area (Å²) in [6.07, 6.45) is 6.04. The van der Waals surface area contributed by atoms with Gasteiger partial charge >= 0.3 is 0 Å². The molecule has 1 atom stereocenters.